The van der Waals surface area contributed by atoms with Crippen molar-refractivity contribution in [3.63, 3.8) is 0 Å². The highest BCUT2D eigenvalue weighted by molar-refractivity contribution is 8.26. The predicted molar refractivity (Wildman–Crippen MR) is 143 cm³/mol. The molecule has 1 saturated heterocycles. The number of thioether (sulfide) groups is 1. The quantitative estimate of drug-likeness (QED) is 0.168. The van der Waals surface area contributed by atoms with Gasteiger partial charge < -0.3 is 9.15 Å². The van der Waals surface area contributed by atoms with E-state index in [2.05, 4.69) is 4.98 Å². The minimum absolute atomic E-state index is 0.138. The number of carbonyl (C=O) groups excluding carboxylic acids is 2. The van der Waals surface area contributed by atoms with E-state index < -0.39 is 5.97 Å². The molecule has 1 amide bonds. The van der Waals surface area contributed by atoms with Gasteiger partial charge in [0.2, 0.25) is 0 Å². The van der Waals surface area contributed by atoms with Gasteiger partial charge in [-0.25, -0.2) is 4.79 Å². The lowest BCUT2D eigenvalue weighted by atomic mass is 10.1. The number of esters is 1. The molecular weight excluding hydrogens is 492 g/mol. The third-order valence-electron chi connectivity index (χ3n) is 5.46. The van der Waals surface area contributed by atoms with Gasteiger partial charge in [-0.2, -0.15) is 0 Å². The zero-order valence-corrected chi connectivity index (χ0v) is 20.6. The maximum atomic E-state index is 12.9. The highest BCUT2D eigenvalue weighted by Crippen LogP contribution is 2.34. The number of nitrogens with zero attached hydrogens (tertiary/aromatic N) is 2. The Balaban J connectivity index is 1.24. The second-order valence-electron chi connectivity index (χ2n) is 7.97. The molecule has 1 fully saturated rings. The van der Waals surface area contributed by atoms with Crippen LogP contribution in [0.5, 0.6) is 0 Å². The highest BCUT2D eigenvalue weighted by atomic mass is 32.2. The number of benzene rings is 2. The summed E-state index contributed by atoms with van der Waals surface area (Å²) < 4.78 is 11.8. The van der Waals surface area contributed by atoms with Crippen LogP contribution in [0.15, 0.2) is 101 Å². The molecule has 0 atom stereocenters. The van der Waals surface area contributed by atoms with Crippen LogP contribution in [0.4, 0.5) is 0 Å². The van der Waals surface area contributed by atoms with E-state index in [1.54, 1.807) is 59.8 Å². The van der Waals surface area contributed by atoms with Gasteiger partial charge in [0.1, 0.15) is 22.4 Å². The molecule has 0 unspecified atom stereocenters. The maximum absolute atomic E-state index is 12.9. The number of amides is 1. The largest absolute Gasteiger partial charge is 0.457 e. The second kappa shape index (κ2) is 10.7. The fraction of sp³-hybridized carbons (Fsp3) is 0.0714. The molecule has 3 heterocycles. The monoisotopic (exact) mass is 512 g/mol. The molecule has 0 spiro atoms. The summed E-state index contributed by atoms with van der Waals surface area (Å²) in [5, 5.41) is 0. The van der Waals surface area contributed by atoms with E-state index >= 15 is 0 Å². The second-order valence-corrected chi connectivity index (χ2v) is 9.65. The van der Waals surface area contributed by atoms with E-state index in [1.807, 2.05) is 42.5 Å². The fourth-order valence-corrected chi connectivity index (χ4v) is 4.84. The number of furan rings is 1. The van der Waals surface area contributed by atoms with Crippen LogP contribution in [0.2, 0.25) is 0 Å². The Morgan fingerprint density at radius 1 is 1.00 bits per heavy atom. The van der Waals surface area contributed by atoms with Crippen molar-refractivity contribution in [2.24, 2.45) is 0 Å². The van der Waals surface area contributed by atoms with Gasteiger partial charge in [0.15, 0.2) is 0 Å². The smallest absolute Gasteiger partial charge is 0.338 e. The van der Waals surface area contributed by atoms with Crippen molar-refractivity contribution in [2.75, 3.05) is 0 Å². The van der Waals surface area contributed by atoms with Gasteiger partial charge in [-0.3, -0.25) is 14.7 Å². The molecule has 2 aromatic carbocycles. The van der Waals surface area contributed by atoms with Gasteiger partial charge in [0.25, 0.3) is 5.91 Å². The van der Waals surface area contributed by atoms with Crippen LogP contribution >= 0.6 is 24.0 Å². The summed E-state index contributed by atoms with van der Waals surface area (Å²) in [4.78, 5) is 31.4. The Morgan fingerprint density at radius 2 is 1.78 bits per heavy atom. The van der Waals surface area contributed by atoms with Crippen LogP contribution in [0.3, 0.4) is 0 Å². The normalized spacial score (nSPS) is 14.4. The lowest BCUT2D eigenvalue weighted by Crippen LogP contribution is -2.27. The molecule has 8 heteroatoms. The van der Waals surface area contributed by atoms with Gasteiger partial charge in [-0.1, -0.05) is 72.5 Å². The SMILES string of the molecule is O=C(OCc1cccnc1)c1ccc(-c2ccc(C=C3SC(=S)N(Cc4ccccc4)C3=O)o2)cc1. The number of hydrogen-bond donors (Lipinski definition) is 0. The summed E-state index contributed by atoms with van der Waals surface area (Å²) in [5.41, 5.74) is 3.08. The number of carbonyl (C=O) groups is 2. The van der Waals surface area contributed by atoms with Crippen LogP contribution in [0, 0.1) is 0 Å². The number of aromatic nitrogens is 1. The Kier molecular flexibility index (Phi) is 7.06. The molecule has 4 aromatic rings. The zero-order valence-electron chi connectivity index (χ0n) is 19.0. The van der Waals surface area contributed by atoms with E-state index in [1.165, 1.54) is 11.8 Å². The van der Waals surface area contributed by atoms with Crippen molar-refractivity contribution in [3.8, 4) is 11.3 Å². The lowest BCUT2D eigenvalue weighted by Gasteiger charge is -2.14. The van der Waals surface area contributed by atoms with E-state index in [0.29, 0.717) is 32.9 Å². The molecule has 36 heavy (non-hydrogen) atoms. The first-order valence-corrected chi connectivity index (χ1v) is 12.3. The molecule has 0 radical (unpaired) electrons. The standard InChI is InChI=1S/C28H20N2O4S2/c31-26-25(36-28(35)30(26)17-19-5-2-1-3-6-19)15-23-12-13-24(34-23)21-8-10-22(11-9-21)27(32)33-18-20-7-4-14-29-16-20/h1-16H,17-18H2. The van der Waals surface area contributed by atoms with Gasteiger partial charge >= 0.3 is 5.97 Å². The third-order valence-corrected chi connectivity index (χ3v) is 6.83. The average Bonchev–Trinajstić information content (AvgIpc) is 3.49. The van der Waals surface area contributed by atoms with E-state index in [9.17, 15) is 9.59 Å². The molecule has 1 aliphatic rings. The Morgan fingerprint density at radius 3 is 2.53 bits per heavy atom. The first kappa shape index (κ1) is 23.7. The van der Waals surface area contributed by atoms with Crippen molar-refractivity contribution in [2.45, 2.75) is 13.2 Å². The van der Waals surface area contributed by atoms with E-state index in [-0.39, 0.29) is 12.5 Å². The van der Waals surface area contributed by atoms with Crippen molar-refractivity contribution in [1.82, 2.24) is 9.88 Å². The van der Waals surface area contributed by atoms with Crippen LogP contribution in [0.25, 0.3) is 17.4 Å². The molecular formula is C28H20N2O4S2. The third kappa shape index (κ3) is 5.45. The van der Waals surface area contributed by atoms with Crippen molar-refractivity contribution >= 4 is 46.3 Å². The number of hydrogen-bond acceptors (Lipinski definition) is 7. The summed E-state index contributed by atoms with van der Waals surface area (Å²) in [5.74, 6) is 0.616. The number of rotatable bonds is 7. The van der Waals surface area contributed by atoms with Gasteiger partial charge in [0.05, 0.1) is 17.0 Å². The summed E-state index contributed by atoms with van der Waals surface area (Å²) in [6.07, 6.45) is 5.03. The fourth-order valence-electron chi connectivity index (χ4n) is 3.60. The molecule has 0 bridgehead atoms. The van der Waals surface area contributed by atoms with E-state index in [4.69, 9.17) is 21.4 Å². The van der Waals surface area contributed by atoms with Crippen LogP contribution in [0.1, 0.15) is 27.2 Å². The number of thiocarbonyl (C=S) groups is 1. The number of ether oxygens (including phenoxy) is 1. The maximum Gasteiger partial charge on any atom is 0.338 e. The molecule has 0 N–H and O–H groups in total. The first-order valence-electron chi connectivity index (χ1n) is 11.1. The molecule has 2 aromatic heterocycles. The molecule has 1 aliphatic heterocycles. The molecule has 178 valence electrons. The Labute approximate surface area is 217 Å². The number of pyridine rings is 1. The molecule has 5 rings (SSSR count). The summed E-state index contributed by atoms with van der Waals surface area (Å²) >= 11 is 6.69. The van der Waals surface area contributed by atoms with Gasteiger partial charge in [-0.15, -0.1) is 0 Å². The predicted octanol–water partition coefficient (Wildman–Crippen LogP) is 6.10. The summed E-state index contributed by atoms with van der Waals surface area (Å²) in [7, 11) is 0. The van der Waals surface area contributed by atoms with Crippen LogP contribution < -0.4 is 0 Å². The van der Waals surface area contributed by atoms with Crippen molar-refractivity contribution < 1.29 is 18.7 Å². The first-order chi connectivity index (χ1) is 17.6. The Bertz CT molecular complexity index is 1430. The molecule has 6 nitrogen and oxygen atoms in total. The minimum Gasteiger partial charge on any atom is -0.457 e. The van der Waals surface area contributed by atoms with Crippen molar-refractivity contribution in [3.05, 3.63) is 119 Å². The van der Waals surface area contributed by atoms with E-state index in [0.717, 1.165) is 16.7 Å². The Hall–Kier alpha value is -4.01. The topological polar surface area (TPSA) is 72.6 Å². The van der Waals surface area contributed by atoms with Gasteiger partial charge in [0, 0.05) is 29.6 Å². The molecule has 0 saturated carbocycles. The van der Waals surface area contributed by atoms with Gasteiger partial charge in [-0.05, 0) is 35.9 Å². The lowest BCUT2D eigenvalue weighted by molar-refractivity contribution is -0.122. The van der Waals surface area contributed by atoms with Crippen molar-refractivity contribution in [1.29, 1.82) is 0 Å². The minimum atomic E-state index is -0.414. The van der Waals surface area contributed by atoms with Crippen LogP contribution in [-0.4, -0.2) is 26.1 Å². The highest BCUT2D eigenvalue weighted by Gasteiger charge is 2.32. The summed E-state index contributed by atoms with van der Waals surface area (Å²) in [6, 6.07) is 24.0. The van der Waals surface area contributed by atoms with Crippen LogP contribution in [-0.2, 0) is 22.7 Å². The summed E-state index contributed by atoms with van der Waals surface area (Å²) in [6.45, 7) is 0.594. The average molecular weight is 513 g/mol. The molecule has 0 aliphatic carbocycles. The zero-order chi connectivity index (χ0) is 24.9.